The van der Waals surface area contributed by atoms with Gasteiger partial charge < -0.3 is 29.3 Å². The summed E-state index contributed by atoms with van der Waals surface area (Å²) in [6.45, 7) is 4.31. The maximum absolute atomic E-state index is 11.5. The van der Waals surface area contributed by atoms with Crippen LogP contribution in [0.15, 0.2) is 0 Å². The molecule has 18 heteroatoms. The van der Waals surface area contributed by atoms with Crippen LogP contribution in [0.3, 0.4) is 0 Å². The molecule has 0 bridgehead atoms. The van der Waals surface area contributed by atoms with Crippen LogP contribution in [0.1, 0.15) is 129 Å². The normalized spacial score (nSPS) is 12.3. The summed E-state index contributed by atoms with van der Waals surface area (Å²) in [7, 11) is -9.63. The second-order valence-corrected chi connectivity index (χ2v) is 13.6. The minimum absolute atomic E-state index is 0. The van der Waals surface area contributed by atoms with Crippen LogP contribution in [0.5, 0.6) is 0 Å². The Labute approximate surface area is 318 Å². The number of unbranched alkanes of at least 4 members (excludes halogenated alkanes) is 14. The Hall–Kier alpha value is -0.300. The van der Waals surface area contributed by atoms with E-state index >= 15 is 0 Å². The van der Waals surface area contributed by atoms with Gasteiger partial charge in [-0.2, -0.15) is 16.8 Å². The Morgan fingerprint density at radius 2 is 0.761 bits per heavy atom. The molecule has 0 aliphatic carbocycles. The number of carbonyl (C=O) groups excluding carboxylic acids is 4. The Morgan fingerprint density at radius 1 is 0.522 bits per heavy atom. The number of carboxylic acid groups (broad SMARTS) is 2. The summed E-state index contributed by atoms with van der Waals surface area (Å²) in [6, 6.07) is 0. The van der Waals surface area contributed by atoms with E-state index in [1.54, 1.807) is 0 Å². The summed E-state index contributed by atoms with van der Waals surface area (Å²) in [5.74, 6) is -6.00. The molecule has 0 aliphatic heterocycles. The average Bonchev–Trinajstić information content (AvgIpc) is 2.91. The molecule has 2 N–H and O–H groups in total. The molecule has 0 spiro atoms. The number of carboxylic acids is 2. The number of aliphatic carboxylic acids is 2. The Kier molecular flexibility index (Phi) is 36.5. The Balaban J connectivity index is -0.000000367. The van der Waals surface area contributed by atoms with Crippen LogP contribution in [0.25, 0.3) is 0 Å². The van der Waals surface area contributed by atoms with Gasteiger partial charge in [-0.3, -0.25) is 18.7 Å². The van der Waals surface area contributed by atoms with E-state index in [1.165, 1.54) is 51.4 Å². The molecule has 0 saturated heterocycles. The maximum atomic E-state index is 11.5. The van der Waals surface area contributed by atoms with Gasteiger partial charge in [0.2, 0.25) is 0 Å². The van der Waals surface area contributed by atoms with Gasteiger partial charge in [0.25, 0.3) is 20.2 Å². The van der Waals surface area contributed by atoms with Crippen LogP contribution < -0.4 is 69.3 Å². The molecule has 260 valence electrons. The van der Waals surface area contributed by atoms with E-state index in [1.807, 2.05) is 0 Å². The second-order valence-electron chi connectivity index (χ2n) is 10.4. The summed E-state index contributed by atoms with van der Waals surface area (Å²) in [5.41, 5.74) is 0. The first-order valence-electron chi connectivity index (χ1n) is 15.2. The van der Waals surface area contributed by atoms with Gasteiger partial charge in [-0.05, 0) is 12.8 Å². The first-order chi connectivity index (χ1) is 20.6. The largest absolute Gasteiger partial charge is 1.00 e. The van der Waals surface area contributed by atoms with Crippen molar-refractivity contribution in [2.24, 2.45) is 0 Å². The zero-order chi connectivity index (χ0) is 34.0. The van der Waals surface area contributed by atoms with Crippen molar-refractivity contribution >= 4 is 44.1 Å². The number of rotatable bonds is 26. The van der Waals surface area contributed by atoms with Gasteiger partial charge in [0.1, 0.15) is 0 Å². The van der Waals surface area contributed by atoms with Crippen LogP contribution in [0.4, 0.5) is 0 Å². The van der Waals surface area contributed by atoms with E-state index in [0.717, 1.165) is 38.5 Å². The molecule has 14 nitrogen and oxygen atoms in total. The molecule has 0 radical (unpaired) electrons. The van der Waals surface area contributed by atoms with Crippen molar-refractivity contribution in [2.45, 2.75) is 140 Å². The predicted octanol–water partition coefficient (Wildman–Crippen LogP) is -3.86. The second kappa shape index (κ2) is 31.9. The van der Waals surface area contributed by atoms with E-state index in [9.17, 15) is 46.2 Å². The van der Waals surface area contributed by atoms with E-state index < -0.39 is 67.5 Å². The molecular weight excluding hydrogens is 670 g/mol. The SMILES string of the molecule is CCCCCCCCCCOC(=O)C(CC(=O)[O-])S(=O)(=O)O.CCCCCCCCCCOC(=O)C(CC(=O)[O-])S(=O)(=O)O.[Na+].[Na+]. The first kappa shape index (κ1) is 52.5. The van der Waals surface area contributed by atoms with E-state index in [0.29, 0.717) is 12.8 Å². The molecule has 0 fully saturated rings. The van der Waals surface area contributed by atoms with E-state index in [4.69, 9.17) is 18.6 Å². The Bertz CT molecular complexity index is 955. The van der Waals surface area contributed by atoms with Gasteiger partial charge in [0, 0.05) is 24.8 Å². The van der Waals surface area contributed by atoms with Crippen LogP contribution in [0, 0.1) is 0 Å². The van der Waals surface area contributed by atoms with E-state index in [-0.39, 0.29) is 72.3 Å². The third-order valence-electron chi connectivity index (χ3n) is 6.43. The summed E-state index contributed by atoms with van der Waals surface area (Å²) in [5, 5.41) is 16.5. The number of esters is 2. The zero-order valence-corrected chi connectivity index (χ0v) is 33.5. The first-order valence-corrected chi connectivity index (χ1v) is 18.2. The molecule has 2 atom stereocenters. The van der Waals surface area contributed by atoms with Crippen LogP contribution >= 0.6 is 0 Å². The molecule has 46 heavy (non-hydrogen) atoms. The van der Waals surface area contributed by atoms with Crippen LogP contribution in [-0.4, -0.2) is 73.5 Å². The standard InChI is InChI=1S/2C14H26O7S.2Na/c2*1-2-3-4-5-6-7-8-9-10-21-14(17)12(11-13(15)16)22(18,19)20;;/h2*12H,2-11H2,1H3,(H,15,16)(H,18,19,20);;/q;;2*+1/p-2. The zero-order valence-electron chi connectivity index (χ0n) is 27.9. The van der Waals surface area contributed by atoms with Crippen molar-refractivity contribution in [3.8, 4) is 0 Å². The van der Waals surface area contributed by atoms with Crippen molar-refractivity contribution in [1.82, 2.24) is 0 Å². The van der Waals surface area contributed by atoms with Gasteiger partial charge in [-0.15, -0.1) is 0 Å². The molecule has 0 saturated carbocycles. The Morgan fingerprint density at radius 3 is 0.978 bits per heavy atom. The molecule has 0 aromatic carbocycles. The number of ether oxygens (including phenoxy) is 2. The number of hydrogen-bond acceptors (Lipinski definition) is 12. The fourth-order valence-electron chi connectivity index (χ4n) is 3.93. The topological polar surface area (TPSA) is 242 Å². The van der Waals surface area contributed by atoms with Crippen molar-refractivity contribution in [2.75, 3.05) is 13.2 Å². The summed E-state index contributed by atoms with van der Waals surface area (Å²) < 4.78 is 70.8. The molecule has 0 heterocycles. The van der Waals surface area contributed by atoms with Crippen molar-refractivity contribution in [1.29, 1.82) is 0 Å². The minimum atomic E-state index is -4.81. The van der Waals surface area contributed by atoms with Crippen LogP contribution in [0.2, 0.25) is 0 Å². The molecular formula is C28H50Na2O14S2. The molecule has 2 unspecified atom stereocenters. The molecule has 0 aromatic rings. The third kappa shape index (κ3) is 32.3. The predicted molar refractivity (Wildman–Crippen MR) is 157 cm³/mol. The number of hydrogen-bond donors (Lipinski definition) is 2. The minimum Gasteiger partial charge on any atom is -0.550 e. The van der Waals surface area contributed by atoms with Gasteiger partial charge in [-0.1, -0.05) is 104 Å². The molecule has 0 amide bonds. The van der Waals surface area contributed by atoms with Crippen molar-refractivity contribution in [3.63, 3.8) is 0 Å². The average molecular weight is 721 g/mol. The number of carbonyl (C=O) groups is 4. The third-order valence-corrected chi connectivity index (χ3v) is 8.59. The molecule has 0 aromatic heterocycles. The van der Waals surface area contributed by atoms with Gasteiger partial charge in [0.05, 0.1) is 13.2 Å². The molecule has 0 aliphatic rings. The van der Waals surface area contributed by atoms with Crippen molar-refractivity contribution in [3.05, 3.63) is 0 Å². The monoisotopic (exact) mass is 720 g/mol. The summed E-state index contributed by atoms with van der Waals surface area (Å²) in [4.78, 5) is 43.7. The quantitative estimate of drug-likeness (QED) is 0.0376. The van der Waals surface area contributed by atoms with E-state index in [2.05, 4.69) is 13.8 Å². The smallest absolute Gasteiger partial charge is 0.550 e. The van der Waals surface area contributed by atoms with Gasteiger partial charge >= 0.3 is 71.1 Å². The van der Waals surface area contributed by atoms with Gasteiger partial charge in [-0.25, -0.2) is 0 Å². The summed E-state index contributed by atoms with van der Waals surface area (Å²) >= 11 is 0. The summed E-state index contributed by atoms with van der Waals surface area (Å²) in [6.07, 6.45) is 14.4. The van der Waals surface area contributed by atoms with Gasteiger partial charge in [0.15, 0.2) is 10.5 Å². The maximum Gasteiger partial charge on any atom is 1.00 e. The van der Waals surface area contributed by atoms with Crippen LogP contribution in [-0.2, 0) is 48.9 Å². The fourth-order valence-corrected chi connectivity index (χ4v) is 5.24. The fraction of sp³-hybridized carbons (Fsp3) is 0.857. The van der Waals surface area contributed by atoms with Crippen molar-refractivity contribution < 1.29 is 124 Å². The molecule has 0 rings (SSSR count).